The lowest BCUT2D eigenvalue weighted by Crippen LogP contribution is -2.16. The molecule has 2 aromatic heterocycles. The van der Waals surface area contributed by atoms with E-state index in [1.807, 2.05) is 6.07 Å². The topological polar surface area (TPSA) is 46.4 Å². The fourth-order valence-corrected chi connectivity index (χ4v) is 2.16. The van der Waals surface area contributed by atoms with E-state index in [2.05, 4.69) is 10.3 Å². The molecule has 1 aromatic carbocycles. The fraction of sp³-hybridized carbons (Fsp3) is 0.0667. The molecule has 3 aromatic rings. The van der Waals surface area contributed by atoms with Crippen LogP contribution in [0.5, 0.6) is 0 Å². The van der Waals surface area contributed by atoms with Gasteiger partial charge in [-0.05, 0) is 31.2 Å². The third-order valence-corrected chi connectivity index (χ3v) is 3.10. The normalized spacial score (nSPS) is 10.8. The zero-order valence-electron chi connectivity index (χ0n) is 11.1. The van der Waals surface area contributed by atoms with Crippen molar-refractivity contribution in [3.05, 3.63) is 65.6 Å². The molecule has 0 aliphatic rings. The largest absolute Gasteiger partial charge is 0.318 e. The van der Waals surface area contributed by atoms with Gasteiger partial charge in [0, 0.05) is 12.3 Å². The molecule has 0 aliphatic heterocycles. The molecule has 2 heterocycles. The molecule has 0 bridgehead atoms. The van der Waals surface area contributed by atoms with Crippen molar-refractivity contribution in [1.29, 1.82) is 0 Å². The number of nitrogens with zero attached hydrogens (tertiary/aromatic N) is 2. The highest BCUT2D eigenvalue weighted by Gasteiger charge is 2.17. The van der Waals surface area contributed by atoms with Crippen LogP contribution in [0.15, 0.2) is 42.6 Å². The highest BCUT2D eigenvalue weighted by molar-refractivity contribution is 6.04. The van der Waals surface area contributed by atoms with Gasteiger partial charge in [-0.15, -0.1) is 0 Å². The maximum atomic E-state index is 13.6. The standard InChI is InChI=1S/C15H11F2N3O/c1-9-14(20-7-3-2-4-13(20)18-9)15(21)19-12-6-5-10(16)8-11(12)17/h2-8H,1H3,(H,19,21). The monoisotopic (exact) mass is 287 g/mol. The third kappa shape index (κ3) is 2.35. The Balaban J connectivity index is 1.99. The Bertz CT molecular complexity index is 842. The summed E-state index contributed by atoms with van der Waals surface area (Å²) in [4.78, 5) is 16.6. The summed E-state index contributed by atoms with van der Waals surface area (Å²) in [5.41, 5.74) is 1.39. The Morgan fingerprint density at radius 3 is 2.81 bits per heavy atom. The van der Waals surface area contributed by atoms with Crippen LogP contribution >= 0.6 is 0 Å². The van der Waals surface area contributed by atoms with Crippen LogP contribution in [-0.2, 0) is 0 Å². The lowest BCUT2D eigenvalue weighted by molar-refractivity contribution is 0.102. The zero-order chi connectivity index (χ0) is 15.0. The van der Waals surface area contributed by atoms with Crippen molar-refractivity contribution in [2.45, 2.75) is 6.92 Å². The quantitative estimate of drug-likeness (QED) is 0.787. The summed E-state index contributed by atoms with van der Waals surface area (Å²) in [6.45, 7) is 1.70. The number of rotatable bonds is 2. The molecule has 0 saturated heterocycles. The molecule has 4 nitrogen and oxygen atoms in total. The second-order valence-corrected chi connectivity index (χ2v) is 4.55. The van der Waals surface area contributed by atoms with Gasteiger partial charge in [-0.25, -0.2) is 13.8 Å². The van der Waals surface area contributed by atoms with E-state index in [0.29, 0.717) is 17.0 Å². The van der Waals surface area contributed by atoms with Crippen LogP contribution in [0.4, 0.5) is 14.5 Å². The van der Waals surface area contributed by atoms with E-state index in [9.17, 15) is 13.6 Å². The molecule has 6 heteroatoms. The Kier molecular flexibility index (Phi) is 3.13. The molecule has 3 rings (SSSR count). The van der Waals surface area contributed by atoms with Gasteiger partial charge < -0.3 is 5.32 Å². The number of anilines is 1. The molecular weight excluding hydrogens is 276 g/mol. The van der Waals surface area contributed by atoms with Crippen LogP contribution in [0, 0.1) is 18.6 Å². The van der Waals surface area contributed by atoms with Crippen LogP contribution in [-0.4, -0.2) is 15.3 Å². The second-order valence-electron chi connectivity index (χ2n) is 4.55. The second kappa shape index (κ2) is 4.97. The molecule has 0 atom stereocenters. The average Bonchev–Trinajstić information content (AvgIpc) is 2.77. The van der Waals surface area contributed by atoms with Crippen molar-refractivity contribution in [1.82, 2.24) is 9.38 Å². The first kappa shape index (κ1) is 13.2. The molecule has 1 amide bonds. The maximum Gasteiger partial charge on any atom is 0.274 e. The predicted molar refractivity (Wildman–Crippen MR) is 74.2 cm³/mol. The number of halogens is 2. The van der Waals surface area contributed by atoms with Gasteiger partial charge in [0.2, 0.25) is 0 Å². The van der Waals surface area contributed by atoms with Gasteiger partial charge in [0.25, 0.3) is 5.91 Å². The van der Waals surface area contributed by atoms with Crippen LogP contribution < -0.4 is 5.32 Å². The number of hydrogen-bond donors (Lipinski definition) is 1. The van der Waals surface area contributed by atoms with Crippen LogP contribution in [0.1, 0.15) is 16.2 Å². The van der Waals surface area contributed by atoms with Gasteiger partial charge in [0.1, 0.15) is 23.0 Å². The van der Waals surface area contributed by atoms with Gasteiger partial charge in [-0.2, -0.15) is 0 Å². The first-order chi connectivity index (χ1) is 10.1. The Labute approximate surface area is 119 Å². The molecule has 0 radical (unpaired) electrons. The van der Waals surface area contributed by atoms with E-state index in [0.717, 1.165) is 12.1 Å². The van der Waals surface area contributed by atoms with Gasteiger partial charge >= 0.3 is 0 Å². The Hall–Kier alpha value is -2.76. The minimum absolute atomic E-state index is 0.0771. The number of hydrogen-bond acceptors (Lipinski definition) is 2. The molecule has 0 saturated carbocycles. The number of nitrogens with one attached hydrogen (secondary N) is 1. The van der Waals surface area contributed by atoms with Crippen molar-refractivity contribution >= 4 is 17.2 Å². The van der Waals surface area contributed by atoms with Gasteiger partial charge in [0.05, 0.1) is 11.4 Å². The molecule has 0 unspecified atom stereocenters. The number of imidazole rings is 1. The van der Waals surface area contributed by atoms with Crippen molar-refractivity contribution in [2.24, 2.45) is 0 Å². The predicted octanol–water partition coefficient (Wildman–Crippen LogP) is 3.17. The molecule has 0 fully saturated rings. The summed E-state index contributed by atoms with van der Waals surface area (Å²) < 4.78 is 28.1. The van der Waals surface area contributed by atoms with Crippen LogP contribution in [0.25, 0.3) is 5.65 Å². The highest BCUT2D eigenvalue weighted by Crippen LogP contribution is 2.18. The van der Waals surface area contributed by atoms with E-state index >= 15 is 0 Å². The molecule has 0 aliphatic carbocycles. The highest BCUT2D eigenvalue weighted by atomic mass is 19.1. The summed E-state index contributed by atoms with van der Waals surface area (Å²) >= 11 is 0. The zero-order valence-corrected chi connectivity index (χ0v) is 11.1. The summed E-state index contributed by atoms with van der Waals surface area (Å²) in [7, 11) is 0. The van der Waals surface area contributed by atoms with Gasteiger partial charge in [-0.1, -0.05) is 6.07 Å². The smallest absolute Gasteiger partial charge is 0.274 e. The first-order valence-electron chi connectivity index (χ1n) is 6.26. The van der Waals surface area contributed by atoms with E-state index in [4.69, 9.17) is 0 Å². The maximum absolute atomic E-state index is 13.6. The molecule has 0 spiro atoms. The van der Waals surface area contributed by atoms with Crippen LogP contribution in [0.2, 0.25) is 0 Å². The number of fused-ring (bicyclic) bond motifs is 1. The van der Waals surface area contributed by atoms with Crippen LogP contribution in [0.3, 0.4) is 0 Å². The minimum atomic E-state index is -0.824. The number of carbonyl (C=O) groups excluding carboxylic acids is 1. The summed E-state index contributed by atoms with van der Waals surface area (Å²) in [6.07, 6.45) is 1.70. The number of aryl methyl sites for hydroxylation is 1. The van der Waals surface area contributed by atoms with Crippen molar-refractivity contribution in [3.8, 4) is 0 Å². The minimum Gasteiger partial charge on any atom is -0.318 e. The first-order valence-corrected chi connectivity index (χ1v) is 6.26. The fourth-order valence-electron chi connectivity index (χ4n) is 2.16. The third-order valence-electron chi connectivity index (χ3n) is 3.10. The molecule has 1 N–H and O–H groups in total. The van der Waals surface area contributed by atoms with Crippen molar-refractivity contribution in [2.75, 3.05) is 5.32 Å². The lowest BCUT2D eigenvalue weighted by atomic mass is 10.2. The van der Waals surface area contributed by atoms with E-state index < -0.39 is 17.5 Å². The Morgan fingerprint density at radius 2 is 2.05 bits per heavy atom. The van der Waals surface area contributed by atoms with Gasteiger partial charge in [0.15, 0.2) is 0 Å². The number of pyridine rings is 1. The number of carbonyl (C=O) groups is 1. The summed E-state index contributed by atoms with van der Waals surface area (Å²) in [6, 6.07) is 8.33. The number of amides is 1. The van der Waals surface area contributed by atoms with Gasteiger partial charge in [-0.3, -0.25) is 9.20 Å². The Morgan fingerprint density at radius 1 is 1.24 bits per heavy atom. The summed E-state index contributed by atoms with van der Waals surface area (Å²) in [5.74, 6) is -2.02. The SMILES string of the molecule is Cc1nc2ccccn2c1C(=O)Nc1ccc(F)cc1F. The van der Waals surface area contributed by atoms with E-state index in [1.165, 1.54) is 6.07 Å². The molecule has 106 valence electrons. The van der Waals surface area contributed by atoms with Crippen molar-refractivity contribution < 1.29 is 13.6 Å². The average molecular weight is 287 g/mol. The number of aromatic nitrogens is 2. The lowest BCUT2D eigenvalue weighted by Gasteiger charge is -2.07. The molecule has 21 heavy (non-hydrogen) atoms. The van der Waals surface area contributed by atoms with Crippen molar-refractivity contribution in [3.63, 3.8) is 0 Å². The molecular formula is C15H11F2N3O. The van der Waals surface area contributed by atoms with E-state index in [1.54, 1.807) is 29.7 Å². The summed E-state index contributed by atoms with van der Waals surface area (Å²) in [5, 5.41) is 2.43. The van der Waals surface area contributed by atoms with E-state index in [-0.39, 0.29) is 5.69 Å². The number of benzene rings is 1.